The molecule has 0 saturated carbocycles. The molecule has 3 nitrogen and oxygen atoms in total. The van der Waals surface area contributed by atoms with Gasteiger partial charge >= 0.3 is 0 Å². The van der Waals surface area contributed by atoms with Crippen LogP contribution in [-0.2, 0) is 13.0 Å². The average molecular weight is 343 g/mol. The highest BCUT2D eigenvalue weighted by Gasteiger charge is 2.02. The molecule has 2 aromatic rings. The van der Waals surface area contributed by atoms with E-state index in [4.69, 9.17) is 11.6 Å². The van der Waals surface area contributed by atoms with Crippen LogP contribution in [0.3, 0.4) is 0 Å². The van der Waals surface area contributed by atoms with Gasteiger partial charge in [0, 0.05) is 21.7 Å². The lowest BCUT2D eigenvalue weighted by Gasteiger charge is -2.07. The molecule has 1 aromatic heterocycles. The first-order valence-corrected chi connectivity index (χ1v) is 7.47. The minimum absolute atomic E-state index is 0.799. The summed E-state index contributed by atoms with van der Waals surface area (Å²) in [6.45, 7) is 3.82. The Hall–Kier alpha value is -0.840. The van der Waals surface area contributed by atoms with Gasteiger partial charge in [-0.15, -0.1) is 0 Å². The third kappa shape index (κ3) is 4.34. The largest absolute Gasteiger partial charge is 0.313 e. The van der Waals surface area contributed by atoms with Crippen molar-refractivity contribution in [1.82, 2.24) is 15.5 Å². The monoisotopic (exact) mass is 341 g/mol. The molecule has 0 radical (unpaired) electrons. The van der Waals surface area contributed by atoms with E-state index in [1.54, 1.807) is 0 Å². The number of nitrogens with zero attached hydrogens (tertiary/aromatic N) is 1. The highest BCUT2D eigenvalue weighted by molar-refractivity contribution is 9.10. The number of hydrogen-bond donors (Lipinski definition) is 2. The maximum atomic E-state index is 6.16. The van der Waals surface area contributed by atoms with Gasteiger partial charge < -0.3 is 5.32 Å². The molecular weight excluding hydrogens is 326 g/mol. The van der Waals surface area contributed by atoms with Crippen molar-refractivity contribution < 1.29 is 0 Å². The number of hydrogen-bond acceptors (Lipinski definition) is 2. The van der Waals surface area contributed by atoms with E-state index in [1.165, 1.54) is 5.56 Å². The minimum atomic E-state index is 0.799. The zero-order chi connectivity index (χ0) is 13.7. The number of aromatic amines is 1. The normalized spacial score (nSPS) is 10.9. The summed E-state index contributed by atoms with van der Waals surface area (Å²) < 4.78 is 1.01. The summed E-state index contributed by atoms with van der Waals surface area (Å²) in [6, 6.07) is 5.98. The van der Waals surface area contributed by atoms with Crippen LogP contribution >= 0.6 is 27.5 Å². The summed E-state index contributed by atoms with van der Waals surface area (Å²) >= 11 is 9.57. The molecule has 0 aliphatic heterocycles. The van der Waals surface area contributed by atoms with Crippen molar-refractivity contribution in [2.24, 2.45) is 0 Å². The van der Waals surface area contributed by atoms with Crippen LogP contribution in [0.4, 0.5) is 0 Å². The Balaban J connectivity index is 1.71. The summed E-state index contributed by atoms with van der Waals surface area (Å²) in [7, 11) is 0. The molecule has 0 amide bonds. The fourth-order valence-corrected chi connectivity index (χ4v) is 2.66. The third-order valence-electron chi connectivity index (χ3n) is 3.06. The fraction of sp³-hybridized carbons (Fsp3) is 0.357. The molecule has 102 valence electrons. The second kappa shape index (κ2) is 7.08. The van der Waals surface area contributed by atoms with Crippen LogP contribution in [0.2, 0.25) is 5.02 Å². The molecule has 0 aliphatic carbocycles. The van der Waals surface area contributed by atoms with Crippen molar-refractivity contribution in [1.29, 1.82) is 0 Å². The van der Waals surface area contributed by atoms with E-state index >= 15 is 0 Å². The van der Waals surface area contributed by atoms with E-state index in [-0.39, 0.29) is 0 Å². The molecular formula is C14H17BrClN3. The quantitative estimate of drug-likeness (QED) is 0.783. The van der Waals surface area contributed by atoms with Gasteiger partial charge in [-0.25, -0.2) is 0 Å². The van der Waals surface area contributed by atoms with E-state index < -0.39 is 0 Å². The minimum Gasteiger partial charge on any atom is -0.313 e. The molecule has 1 aromatic carbocycles. The predicted octanol–water partition coefficient (Wildman–Crippen LogP) is 3.86. The van der Waals surface area contributed by atoms with Crippen molar-refractivity contribution >= 4 is 27.5 Å². The summed E-state index contributed by atoms with van der Waals surface area (Å²) in [4.78, 5) is 0. The Bertz CT molecular complexity index is 539. The Labute approximate surface area is 126 Å². The second-order valence-electron chi connectivity index (χ2n) is 4.54. The number of H-pyrrole nitrogens is 1. The van der Waals surface area contributed by atoms with E-state index in [0.717, 1.165) is 46.7 Å². The number of halogens is 2. The number of aryl methyl sites for hydroxylation is 2. The first kappa shape index (κ1) is 14.6. The maximum Gasteiger partial charge on any atom is 0.0522 e. The summed E-state index contributed by atoms with van der Waals surface area (Å²) in [5.74, 6) is 0. The van der Waals surface area contributed by atoms with Crippen LogP contribution in [0.5, 0.6) is 0 Å². The molecule has 5 heteroatoms. The molecule has 1 heterocycles. The van der Waals surface area contributed by atoms with Crippen LogP contribution in [0.15, 0.2) is 28.9 Å². The number of nitrogens with one attached hydrogen (secondary N) is 2. The van der Waals surface area contributed by atoms with Gasteiger partial charge in [0.2, 0.25) is 0 Å². The van der Waals surface area contributed by atoms with E-state index in [9.17, 15) is 0 Å². The van der Waals surface area contributed by atoms with Crippen molar-refractivity contribution in [3.8, 4) is 0 Å². The molecule has 0 atom stereocenters. The molecule has 19 heavy (non-hydrogen) atoms. The van der Waals surface area contributed by atoms with Gasteiger partial charge in [-0.2, -0.15) is 5.10 Å². The molecule has 2 N–H and O–H groups in total. The van der Waals surface area contributed by atoms with E-state index in [1.807, 2.05) is 24.4 Å². The Morgan fingerprint density at radius 3 is 2.89 bits per heavy atom. The maximum absolute atomic E-state index is 6.16. The van der Waals surface area contributed by atoms with E-state index in [2.05, 4.69) is 38.4 Å². The van der Waals surface area contributed by atoms with Gasteiger partial charge in [-0.1, -0.05) is 33.6 Å². The smallest absolute Gasteiger partial charge is 0.0522 e. The molecule has 0 spiro atoms. The summed E-state index contributed by atoms with van der Waals surface area (Å²) in [5.41, 5.74) is 3.59. The highest BCUT2D eigenvalue weighted by Crippen LogP contribution is 2.21. The molecule has 0 fully saturated rings. The summed E-state index contributed by atoms with van der Waals surface area (Å²) in [5, 5.41) is 11.2. The number of benzene rings is 1. The van der Waals surface area contributed by atoms with Crippen molar-refractivity contribution in [2.45, 2.75) is 26.3 Å². The second-order valence-corrected chi connectivity index (χ2v) is 5.86. The van der Waals surface area contributed by atoms with Crippen molar-refractivity contribution in [3.63, 3.8) is 0 Å². The molecule has 0 saturated heterocycles. The SMILES string of the molecule is Cc1[nH]ncc1CCCNCc1ccc(Br)cc1Cl. The van der Waals surface area contributed by atoms with Gasteiger partial charge in [0.1, 0.15) is 0 Å². The molecule has 0 unspecified atom stereocenters. The fourth-order valence-electron chi connectivity index (χ4n) is 1.92. The van der Waals surface area contributed by atoms with Crippen LogP contribution in [0.25, 0.3) is 0 Å². The first-order valence-electron chi connectivity index (χ1n) is 6.30. The van der Waals surface area contributed by atoms with Crippen molar-refractivity contribution in [3.05, 3.63) is 50.7 Å². The van der Waals surface area contributed by atoms with Gasteiger partial charge in [0.05, 0.1) is 6.20 Å². The van der Waals surface area contributed by atoms with Crippen molar-refractivity contribution in [2.75, 3.05) is 6.54 Å². The lowest BCUT2D eigenvalue weighted by Crippen LogP contribution is -2.15. The van der Waals surface area contributed by atoms with Gasteiger partial charge in [-0.05, 0) is 49.6 Å². The molecule has 0 aliphatic rings. The van der Waals surface area contributed by atoms with Gasteiger partial charge in [0.15, 0.2) is 0 Å². The Morgan fingerprint density at radius 2 is 2.21 bits per heavy atom. The number of rotatable bonds is 6. The summed E-state index contributed by atoms with van der Waals surface area (Å²) in [6.07, 6.45) is 4.04. The standard InChI is InChI=1S/C14H17BrClN3/c1-10-11(9-18-19-10)3-2-6-17-8-12-4-5-13(15)7-14(12)16/h4-5,7,9,17H,2-3,6,8H2,1H3,(H,18,19). The topological polar surface area (TPSA) is 40.7 Å². The van der Waals surface area contributed by atoms with E-state index in [0.29, 0.717) is 0 Å². The molecule has 2 rings (SSSR count). The Morgan fingerprint density at radius 1 is 1.37 bits per heavy atom. The number of aromatic nitrogens is 2. The highest BCUT2D eigenvalue weighted by atomic mass is 79.9. The average Bonchev–Trinajstić information content (AvgIpc) is 2.77. The zero-order valence-electron chi connectivity index (χ0n) is 10.8. The third-order valence-corrected chi connectivity index (χ3v) is 3.91. The predicted molar refractivity (Wildman–Crippen MR) is 82.5 cm³/mol. The first-order chi connectivity index (χ1) is 9.16. The Kier molecular flexibility index (Phi) is 5.43. The lowest BCUT2D eigenvalue weighted by molar-refractivity contribution is 0.649. The van der Waals surface area contributed by atoms with Crippen LogP contribution in [0.1, 0.15) is 23.2 Å². The van der Waals surface area contributed by atoms with Crippen LogP contribution < -0.4 is 5.32 Å². The van der Waals surface area contributed by atoms with Crippen LogP contribution in [-0.4, -0.2) is 16.7 Å². The molecule has 0 bridgehead atoms. The lowest BCUT2D eigenvalue weighted by atomic mass is 10.1. The van der Waals surface area contributed by atoms with Gasteiger partial charge in [0.25, 0.3) is 0 Å². The van der Waals surface area contributed by atoms with Crippen LogP contribution in [0, 0.1) is 6.92 Å². The zero-order valence-corrected chi connectivity index (χ0v) is 13.2. The van der Waals surface area contributed by atoms with Gasteiger partial charge in [-0.3, -0.25) is 5.10 Å².